The predicted octanol–water partition coefficient (Wildman–Crippen LogP) is 1.79. The van der Waals surface area contributed by atoms with Gasteiger partial charge in [0.25, 0.3) is 5.91 Å². The van der Waals surface area contributed by atoms with Gasteiger partial charge in [-0.15, -0.1) is 0 Å². The summed E-state index contributed by atoms with van der Waals surface area (Å²) in [5.74, 6) is -4.16. The van der Waals surface area contributed by atoms with Gasteiger partial charge in [-0.2, -0.15) is 0 Å². The fourth-order valence-corrected chi connectivity index (χ4v) is 1.97. The third-order valence-electron chi connectivity index (χ3n) is 3.08. The summed E-state index contributed by atoms with van der Waals surface area (Å²) in [6, 6.07) is 3.24. The predicted molar refractivity (Wildman–Crippen MR) is 77.3 cm³/mol. The van der Waals surface area contributed by atoms with Gasteiger partial charge in [-0.25, -0.2) is 13.8 Å². The summed E-state index contributed by atoms with van der Waals surface area (Å²) in [5.41, 5.74) is -0.761. The minimum absolute atomic E-state index is 0.0118. The monoisotopic (exact) mass is 340 g/mol. The quantitative estimate of drug-likeness (QED) is 0.826. The molecule has 0 unspecified atom stereocenters. The Bertz CT molecular complexity index is 727. The van der Waals surface area contributed by atoms with Crippen molar-refractivity contribution >= 4 is 11.9 Å². The number of methoxy groups -OCH3 is 1. The molecule has 1 amide bonds. The lowest BCUT2D eigenvalue weighted by atomic mass is 10.2. The van der Waals surface area contributed by atoms with Gasteiger partial charge in [0, 0.05) is 13.7 Å². The molecule has 1 heterocycles. The van der Waals surface area contributed by atoms with E-state index in [-0.39, 0.29) is 18.8 Å². The molecule has 128 valence electrons. The smallest absolute Gasteiger partial charge is 0.323 e. The SMILES string of the molecule is COCCN(CC(=O)O)C(=O)c1coc(-c2c(F)cccc2F)n1. The molecule has 1 N–H and O–H groups in total. The highest BCUT2D eigenvalue weighted by molar-refractivity contribution is 5.94. The molecule has 0 aliphatic carbocycles. The maximum atomic E-state index is 13.7. The number of nitrogens with zero attached hydrogens (tertiary/aromatic N) is 2. The second-order valence-corrected chi connectivity index (χ2v) is 4.75. The van der Waals surface area contributed by atoms with Crippen molar-refractivity contribution < 1.29 is 32.6 Å². The second-order valence-electron chi connectivity index (χ2n) is 4.75. The number of rotatable bonds is 7. The number of carboxylic acids is 1. The zero-order valence-electron chi connectivity index (χ0n) is 12.7. The number of aromatic nitrogens is 1. The van der Waals surface area contributed by atoms with Crippen LogP contribution in [0.15, 0.2) is 28.9 Å². The number of hydrogen-bond acceptors (Lipinski definition) is 5. The highest BCUT2D eigenvalue weighted by Gasteiger charge is 2.24. The van der Waals surface area contributed by atoms with Crippen molar-refractivity contribution in [3.05, 3.63) is 41.8 Å². The lowest BCUT2D eigenvalue weighted by Gasteiger charge is -2.18. The maximum Gasteiger partial charge on any atom is 0.323 e. The van der Waals surface area contributed by atoms with Crippen LogP contribution in [-0.2, 0) is 9.53 Å². The molecule has 0 saturated heterocycles. The van der Waals surface area contributed by atoms with Crippen LogP contribution in [0, 0.1) is 11.6 Å². The van der Waals surface area contributed by atoms with Crippen molar-refractivity contribution in [3.63, 3.8) is 0 Å². The molecule has 24 heavy (non-hydrogen) atoms. The average Bonchev–Trinajstić information content (AvgIpc) is 2.99. The largest absolute Gasteiger partial charge is 0.480 e. The highest BCUT2D eigenvalue weighted by atomic mass is 19.1. The van der Waals surface area contributed by atoms with Crippen LogP contribution in [0.25, 0.3) is 11.5 Å². The number of oxazole rings is 1. The van der Waals surface area contributed by atoms with Crippen molar-refractivity contribution in [1.29, 1.82) is 0 Å². The Morgan fingerprint density at radius 3 is 2.58 bits per heavy atom. The molecular weight excluding hydrogens is 326 g/mol. The first-order chi connectivity index (χ1) is 11.4. The Morgan fingerprint density at radius 2 is 2.00 bits per heavy atom. The zero-order chi connectivity index (χ0) is 17.7. The van der Waals surface area contributed by atoms with Gasteiger partial charge in [-0.05, 0) is 12.1 Å². The summed E-state index contributed by atoms with van der Waals surface area (Å²) < 4.78 is 37.2. The maximum absolute atomic E-state index is 13.7. The lowest BCUT2D eigenvalue weighted by molar-refractivity contribution is -0.137. The van der Waals surface area contributed by atoms with Gasteiger partial charge in [-0.1, -0.05) is 6.07 Å². The molecule has 1 aromatic carbocycles. The van der Waals surface area contributed by atoms with Gasteiger partial charge in [-0.3, -0.25) is 9.59 Å². The van der Waals surface area contributed by atoms with E-state index in [0.29, 0.717) is 0 Å². The molecule has 0 fully saturated rings. The summed E-state index contributed by atoms with van der Waals surface area (Å²) >= 11 is 0. The Kier molecular flexibility index (Phi) is 5.59. The van der Waals surface area contributed by atoms with E-state index in [4.69, 9.17) is 14.3 Å². The van der Waals surface area contributed by atoms with Crippen molar-refractivity contribution in [2.75, 3.05) is 26.8 Å². The number of carbonyl (C=O) groups is 2. The van der Waals surface area contributed by atoms with Gasteiger partial charge in [0.15, 0.2) is 5.69 Å². The second kappa shape index (κ2) is 7.64. The van der Waals surface area contributed by atoms with Gasteiger partial charge >= 0.3 is 5.97 Å². The molecular formula is C15H14F2N2O5. The molecule has 0 aliphatic heterocycles. The molecule has 7 nitrogen and oxygen atoms in total. The number of halogens is 2. The third-order valence-corrected chi connectivity index (χ3v) is 3.08. The van der Waals surface area contributed by atoms with E-state index in [2.05, 4.69) is 4.98 Å². The van der Waals surface area contributed by atoms with Crippen LogP contribution in [0.1, 0.15) is 10.5 Å². The lowest BCUT2D eigenvalue weighted by Crippen LogP contribution is -2.38. The normalized spacial score (nSPS) is 10.6. The van der Waals surface area contributed by atoms with E-state index >= 15 is 0 Å². The molecule has 9 heteroatoms. The molecule has 1 aromatic heterocycles. The van der Waals surface area contributed by atoms with Crippen molar-refractivity contribution in [3.8, 4) is 11.5 Å². The number of carbonyl (C=O) groups excluding carboxylic acids is 1. The van der Waals surface area contributed by atoms with Crippen LogP contribution >= 0.6 is 0 Å². The standard InChI is InChI=1S/C15H14F2N2O5/c1-23-6-5-19(7-12(20)21)15(22)11-8-24-14(18-11)13-9(16)3-2-4-10(13)17/h2-4,8H,5-7H2,1H3,(H,20,21). The Labute approximate surface area is 135 Å². The molecule has 0 aliphatic rings. The molecule has 0 bridgehead atoms. The van der Waals surface area contributed by atoms with Crippen molar-refractivity contribution in [2.45, 2.75) is 0 Å². The molecule has 2 rings (SSSR count). The van der Waals surface area contributed by atoms with Crippen LogP contribution in [0.2, 0.25) is 0 Å². The van der Waals surface area contributed by atoms with Gasteiger partial charge in [0.2, 0.25) is 5.89 Å². The fourth-order valence-electron chi connectivity index (χ4n) is 1.97. The molecule has 2 aromatic rings. The van der Waals surface area contributed by atoms with Crippen LogP contribution in [0.5, 0.6) is 0 Å². The summed E-state index contributed by atoms with van der Waals surface area (Å²) in [5, 5.41) is 8.86. The first-order valence-corrected chi connectivity index (χ1v) is 6.84. The van der Waals surface area contributed by atoms with Crippen LogP contribution in [0.3, 0.4) is 0 Å². The van der Waals surface area contributed by atoms with Gasteiger partial charge < -0.3 is 19.2 Å². The molecule has 0 saturated carbocycles. The van der Waals surface area contributed by atoms with Gasteiger partial charge in [0.05, 0.1) is 6.61 Å². The Balaban J connectivity index is 2.27. The van der Waals surface area contributed by atoms with E-state index < -0.39 is 41.5 Å². The topological polar surface area (TPSA) is 92.9 Å². The average molecular weight is 340 g/mol. The van der Waals surface area contributed by atoms with E-state index in [1.165, 1.54) is 13.2 Å². The minimum atomic E-state index is -1.22. The summed E-state index contributed by atoms with van der Waals surface area (Å²) in [6.45, 7) is -0.442. The number of carboxylic acid groups (broad SMARTS) is 1. The van der Waals surface area contributed by atoms with Crippen molar-refractivity contribution in [1.82, 2.24) is 9.88 Å². The minimum Gasteiger partial charge on any atom is -0.480 e. The summed E-state index contributed by atoms with van der Waals surface area (Å²) in [4.78, 5) is 27.9. The van der Waals surface area contributed by atoms with Gasteiger partial charge in [0.1, 0.15) is 30.0 Å². The third kappa shape index (κ3) is 3.93. The first kappa shape index (κ1) is 17.5. The zero-order valence-corrected chi connectivity index (χ0v) is 12.7. The number of aliphatic carboxylic acids is 1. The highest BCUT2D eigenvalue weighted by Crippen LogP contribution is 2.25. The Hall–Kier alpha value is -2.81. The van der Waals surface area contributed by atoms with E-state index in [1.807, 2.05) is 0 Å². The van der Waals surface area contributed by atoms with Crippen LogP contribution < -0.4 is 0 Å². The first-order valence-electron chi connectivity index (χ1n) is 6.84. The molecule has 0 atom stereocenters. The summed E-state index contributed by atoms with van der Waals surface area (Å²) in [7, 11) is 1.40. The van der Waals surface area contributed by atoms with Crippen LogP contribution in [0.4, 0.5) is 8.78 Å². The number of benzene rings is 1. The number of ether oxygens (including phenoxy) is 1. The van der Waals surface area contributed by atoms with E-state index in [9.17, 15) is 18.4 Å². The Morgan fingerprint density at radius 1 is 1.33 bits per heavy atom. The van der Waals surface area contributed by atoms with E-state index in [0.717, 1.165) is 23.3 Å². The molecule has 0 radical (unpaired) electrons. The van der Waals surface area contributed by atoms with Crippen molar-refractivity contribution in [2.24, 2.45) is 0 Å². The fraction of sp³-hybridized carbons (Fsp3) is 0.267. The summed E-state index contributed by atoms with van der Waals surface area (Å²) in [6.07, 6.45) is 0.922. The number of hydrogen-bond donors (Lipinski definition) is 1. The van der Waals surface area contributed by atoms with E-state index in [1.54, 1.807) is 0 Å². The van der Waals surface area contributed by atoms with Crippen LogP contribution in [-0.4, -0.2) is 53.7 Å². The number of amides is 1. The molecule has 0 spiro atoms.